The summed E-state index contributed by atoms with van der Waals surface area (Å²) >= 11 is 12.8. The first kappa shape index (κ1) is 33.3. The Hall–Kier alpha value is -4.60. The van der Waals surface area contributed by atoms with Gasteiger partial charge in [-0.25, -0.2) is 4.39 Å². The van der Waals surface area contributed by atoms with Crippen LogP contribution in [-0.4, -0.2) is 45.5 Å². The maximum absolute atomic E-state index is 13.9. The number of piperidine rings is 1. The van der Waals surface area contributed by atoms with Crippen LogP contribution in [-0.2, 0) is 0 Å². The molecule has 10 nitrogen and oxygen atoms in total. The van der Waals surface area contributed by atoms with Crippen molar-refractivity contribution in [2.75, 3.05) is 23.7 Å². The number of nitrogens with two attached hydrogens (primary N) is 1. The first-order chi connectivity index (χ1) is 22.9. The van der Waals surface area contributed by atoms with Crippen molar-refractivity contribution in [1.82, 2.24) is 25.9 Å². The second-order valence-electron chi connectivity index (χ2n) is 13.0. The number of benzene rings is 3. The number of hydrazine groups is 2. The van der Waals surface area contributed by atoms with Crippen molar-refractivity contribution in [2.24, 2.45) is 5.73 Å². The molecule has 0 radical (unpaired) electrons. The number of nitriles is 1. The van der Waals surface area contributed by atoms with Crippen LogP contribution in [0.2, 0.25) is 10.0 Å². The summed E-state index contributed by atoms with van der Waals surface area (Å²) in [5, 5.41) is 19.7. The summed E-state index contributed by atoms with van der Waals surface area (Å²) in [5.74, 6) is -1.09. The topological polar surface area (TPSA) is 134 Å². The Morgan fingerprint density at radius 1 is 1.10 bits per heavy atom. The molecule has 4 aromatic rings. The van der Waals surface area contributed by atoms with Crippen molar-refractivity contribution < 1.29 is 9.18 Å². The second-order valence-corrected chi connectivity index (χ2v) is 13.8. The molecule has 3 aromatic carbocycles. The van der Waals surface area contributed by atoms with Gasteiger partial charge >= 0.3 is 0 Å². The van der Waals surface area contributed by atoms with E-state index in [1.807, 2.05) is 12.1 Å². The standard InChI is InChI=1S/C35H36Cl2FN9O/c1-35(2,3)46-11-9-25(10-12-46)47-19-30(44-45-47)32(20-5-4-6-21(13-20)34(40)48)43-24-14-26-31(42-23-7-8-29(38)27(36)15-23)22(17-39)18-41-33(26)28(37)16-24/h4-8,13-16,18-19,25,32,43-45H,9-12H2,1-3H3,(H2,40,48)(H,41,42)/t32-/m0/s1. The van der Waals surface area contributed by atoms with Gasteiger partial charge in [-0.15, -0.1) is 5.53 Å². The lowest BCUT2D eigenvalue weighted by Crippen LogP contribution is -2.52. The summed E-state index contributed by atoms with van der Waals surface area (Å²) in [6.07, 6.45) is 5.48. The lowest BCUT2D eigenvalue weighted by Gasteiger charge is -2.42. The van der Waals surface area contributed by atoms with Gasteiger partial charge in [0.25, 0.3) is 0 Å². The number of anilines is 3. The molecule has 3 heterocycles. The fraction of sp³-hybridized carbons (Fsp3) is 0.286. The highest BCUT2D eigenvalue weighted by molar-refractivity contribution is 6.36. The summed E-state index contributed by atoms with van der Waals surface area (Å²) in [6.45, 7) is 8.71. The molecule has 1 aromatic heterocycles. The molecule has 248 valence electrons. The van der Waals surface area contributed by atoms with Crippen LogP contribution < -0.4 is 27.3 Å². The molecule has 0 spiro atoms. The van der Waals surface area contributed by atoms with Crippen LogP contribution in [0.5, 0.6) is 0 Å². The van der Waals surface area contributed by atoms with E-state index >= 15 is 0 Å². The Morgan fingerprint density at radius 2 is 1.85 bits per heavy atom. The van der Waals surface area contributed by atoms with Gasteiger partial charge in [0, 0.05) is 59.4 Å². The quantitative estimate of drug-likeness (QED) is 0.133. The lowest BCUT2D eigenvalue weighted by atomic mass is 9.97. The van der Waals surface area contributed by atoms with Crippen molar-refractivity contribution in [3.8, 4) is 6.07 Å². The van der Waals surface area contributed by atoms with Crippen molar-refractivity contribution in [3.63, 3.8) is 0 Å². The molecular weight excluding hydrogens is 652 g/mol. The number of primary amides is 1. The molecule has 2 aliphatic rings. The van der Waals surface area contributed by atoms with E-state index in [0.717, 1.165) is 37.2 Å². The van der Waals surface area contributed by atoms with Crippen molar-refractivity contribution in [1.29, 1.82) is 5.26 Å². The number of fused-ring (bicyclic) bond motifs is 1. The number of nitrogens with one attached hydrogen (secondary N) is 4. The zero-order valence-corrected chi connectivity index (χ0v) is 28.3. The van der Waals surface area contributed by atoms with Crippen LogP contribution in [0.25, 0.3) is 10.9 Å². The van der Waals surface area contributed by atoms with Gasteiger partial charge in [0.15, 0.2) is 0 Å². The zero-order chi connectivity index (χ0) is 34.2. The maximum atomic E-state index is 13.9. The molecule has 48 heavy (non-hydrogen) atoms. The SMILES string of the molecule is CC(C)(C)N1CCC(N2C=C([C@@H](Nc3cc(Cl)c4ncc(C#N)c(Nc5ccc(F)c(Cl)c5)c4c3)c3cccc(C(N)=O)c3)NN2)CC1. The van der Waals surface area contributed by atoms with Crippen LogP contribution in [0.1, 0.15) is 61.1 Å². The van der Waals surface area contributed by atoms with Gasteiger partial charge in [0.05, 0.1) is 38.6 Å². The molecule has 13 heteroatoms. The van der Waals surface area contributed by atoms with Crippen LogP contribution in [0, 0.1) is 17.1 Å². The monoisotopic (exact) mass is 687 g/mol. The highest BCUT2D eigenvalue weighted by atomic mass is 35.5. The first-order valence-corrected chi connectivity index (χ1v) is 16.3. The Bertz CT molecular complexity index is 1950. The van der Waals surface area contributed by atoms with Crippen LogP contribution in [0.15, 0.2) is 72.7 Å². The smallest absolute Gasteiger partial charge is 0.248 e. The number of halogens is 3. The maximum Gasteiger partial charge on any atom is 0.248 e. The van der Waals surface area contributed by atoms with Gasteiger partial charge in [-0.2, -0.15) is 5.26 Å². The summed E-state index contributed by atoms with van der Waals surface area (Å²) in [7, 11) is 0. The number of hydrogen-bond acceptors (Lipinski definition) is 9. The van der Waals surface area contributed by atoms with E-state index in [1.54, 1.807) is 24.3 Å². The minimum Gasteiger partial charge on any atom is -0.373 e. The molecule has 1 amide bonds. The summed E-state index contributed by atoms with van der Waals surface area (Å²) in [5.41, 5.74) is 16.7. The van der Waals surface area contributed by atoms with Crippen LogP contribution >= 0.6 is 23.2 Å². The minimum absolute atomic E-state index is 0.0574. The summed E-state index contributed by atoms with van der Waals surface area (Å²) in [4.78, 5) is 19.1. The van der Waals surface area contributed by atoms with E-state index in [9.17, 15) is 14.4 Å². The molecule has 6 N–H and O–H groups in total. The Balaban J connectivity index is 1.37. The van der Waals surface area contributed by atoms with E-state index in [-0.39, 0.29) is 22.2 Å². The zero-order valence-electron chi connectivity index (χ0n) is 26.7. The van der Waals surface area contributed by atoms with Crippen molar-refractivity contribution in [3.05, 3.63) is 105 Å². The molecular formula is C35H36Cl2FN9O. The number of carbonyl (C=O) groups excluding carboxylic acids is 1. The molecule has 6 rings (SSSR count). The Labute approximate surface area is 288 Å². The molecule has 1 atom stereocenters. The van der Waals surface area contributed by atoms with E-state index in [4.69, 9.17) is 28.9 Å². The predicted molar refractivity (Wildman–Crippen MR) is 188 cm³/mol. The average molecular weight is 689 g/mol. The highest BCUT2D eigenvalue weighted by Gasteiger charge is 2.32. The molecule has 0 unspecified atom stereocenters. The van der Waals surface area contributed by atoms with Gasteiger partial charge in [-0.3, -0.25) is 19.7 Å². The lowest BCUT2D eigenvalue weighted by molar-refractivity contribution is 0.0570. The van der Waals surface area contributed by atoms with Gasteiger partial charge in [-0.1, -0.05) is 35.3 Å². The molecule has 1 saturated heterocycles. The van der Waals surface area contributed by atoms with Gasteiger partial charge < -0.3 is 21.8 Å². The second kappa shape index (κ2) is 13.5. The van der Waals surface area contributed by atoms with E-state index in [0.29, 0.717) is 38.6 Å². The van der Waals surface area contributed by atoms with E-state index < -0.39 is 17.8 Å². The molecule has 0 aliphatic carbocycles. The number of rotatable bonds is 8. The van der Waals surface area contributed by atoms with E-state index in [2.05, 4.69) is 69.5 Å². The fourth-order valence-corrected chi connectivity index (χ4v) is 6.61. The predicted octanol–water partition coefficient (Wildman–Crippen LogP) is 6.98. The van der Waals surface area contributed by atoms with Gasteiger partial charge in [0.2, 0.25) is 5.91 Å². The minimum atomic E-state index is -0.554. The summed E-state index contributed by atoms with van der Waals surface area (Å²) in [6, 6.07) is 17.0. The number of amides is 1. The van der Waals surface area contributed by atoms with Crippen LogP contribution in [0.3, 0.4) is 0 Å². The van der Waals surface area contributed by atoms with Crippen molar-refractivity contribution >= 4 is 57.1 Å². The normalized spacial score (nSPS) is 16.3. The largest absolute Gasteiger partial charge is 0.373 e. The third kappa shape index (κ3) is 6.98. The molecule has 1 fully saturated rings. The Morgan fingerprint density at radius 3 is 2.54 bits per heavy atom. The number of carbonyl (C=O) groups is 1. The highest BCUT2D eigenvalue weighted by Crippen LogP contribution is 2.38. The molecule has 2 aliphatic heterocycles. The van der Waals surface area contributed by atoms with E-state index in [1.165, 1.54) is 24.4 Å². The molecule has 0 bridgehead atoms. The molecule has 0 saturated carbocycles. The van der Waals surface area contributed by atoms with Gasteiger partial charge in [-0.05, 0) is 81.6 Å². The fourth-order valence-electron chi connectivity index (χ4n) is 6.16. The first-order valence-electron chi connectivity index (χ1n) is 15.6. The summed E-state index contributed by atoms with van der Waals surface area (Å²) < 4.78 is 13.9. The number of pyridine rings is 1. The number of hydrogen-bond donors (Lipinski definition) is 5. The van der Waals surface area contributed by atoms with Crippen LogP contribution in [0.4, 0.5) is 21.5 Å². The Kier molecular flexibility index (Phi) is 9.36. The van der Waals surface area contributed by atoms with Gasteiger partial charge in [0.1, 0.15) is 11.9 Å². The number of nitrogens with zero attached hydrogens (tertiary/aromatic N) is 4. The number of aromatic nitrogens is 1. The third-order valence-electron chi connectivity index (χ3n) is 8.77. The number of likely N-dealkylation sites (tertiary alicyclic amines) is 1. The average Bonchev–Trinajstić information content (AvgIpc) is 3.55. The third-order valence-corrected chi connectivity index (χ3v) is 9.35. The van der Waals surface area contributed by atoms with Crippen molar-refractivity contribution in [2.45, 2.75) is 51.2 Å².